The highest BCUT2D eigenvalue weighted by atomic mass is 35.5. The van der Waals surface area contributed by atoms with Gasteiger partial charge < -0.3 is 10.6 Å². The Kier molecular flexibility index (Phi) is 8.81. The van der Waals surface area contributed by atoms with Crippen molar-refractivity contribution < 1.29 is 31.5 Å². The Morgan fingerprint density at radius 1 is 1.11 bits per heavy atom. The van der Waals surface area contributed by atoms with E-state index in [1.54, 1.807) is 26.0 Å². The SMILES string of the molecule is C=C(C)NC(=O)c1cc(C#N)cc(C)c1NC(=O)c1cc(Cn2nnnc2CC(F)(F)C(F)(F)F)nn1-c1ccccc1Cl. The maximum Gasteiger partial charge on any atom is 0.453 e. The van der Waals surface area contributed by atoms with Crippen LogP contribution in [0.15, 0.2) is 54.7 Å². The minimum absolute atomic E-state index is 0.00394. The third-order valence-corrected chi connectivity index (χ3v) is 6.38. The number of nitrogens with one attached hydrogen (secondary N) is 2. The van der Waals surface area contributed by atoms with Crippen molar-refractivity contribution in [1.29, 1.82) is 5.26 Å². The number of nitriles is 1. The molecule has 2 heterocycles. The zero-order valence-corrected chi connectivity index (χ0v) is 23.6. The van der Waals surface area contributed by atoms with Gasteiger partial charge in [-0.25, -0.2) is 9.36 Å². The lowest BCUT2D eigenvalue weighted by molar-refractivity contribution is -0.281. The van der Waals surface area contributed by atoms with Crippen molar-refractivity contribution in [3.8, 4) is 11.8 Å². The monoisotopic (exact) mass is 633 g/mol. The van der Waals surface area contributed by atoms with Crippen LogP contribution in [0.3, 0.4) is 0 Å². The van der Waals surface area contributed by atoms with E-state index in [2.05, 4.69) is 37.8 Å². The lowest BCUT2D eigenvalue weighted by atomic mass is 10.0. The zero-order chi connectivity index (χ0) is 32.4. The van der Waals surface area contributed by atoms with Gasteiger partial charge in [0.25, 0.3) is 11.8 Å². The highest BCUT2D eigenvalue weighted by Crippen LogP contribution is 2.37. The second-order valence-corrected chi connectivity index (χ2v) is 9.94. The van der Waals surface area contributed by atoms with Gasteiger partial charge >= 0.3 is 12.1 Å². The summed E-state index contributed by atoms with van der Waals surface area (Å²) in [6.07, 6.45) is -7.65. The van der Waals surface area contributed by atoms with Crippen molar-refractivity contribution in [1.82, 2.24) is 35.3 Å². The van der Waals surface area contributed by atoms with Gasteiger partial charge in [-0.1, -0.05) is 30.3 Å². The molecule has 0 saturated carbocycles. The van der Waals surface area contributed by atoms with Crippen molar-refractivity contribution in [2.24, 2.45) is 0 Å². The fraction of sp³-hybridized carbons (Fsp3) is 0.222. The van der Waals surface area contributed by atoms with Crippen LogP contribution in [0.1, 0.15) is 50.4 Å². The summed E-state index contributed by atoms with van der Waals surface area (Å²) >= 11 is 6.35. The summed E-state index contributed by atoms with van der Waals surface area (Å²) in [6.45, 7) is 6.25. The first kappa shape index (κ1) is 31.8. The van der Waals surface area contributed by atoms with E-state index < -0.39 is 42.7 Å². The summed E-state index contributed by atoms with van der Waals surface area (Å²) in [7, 11) is 0. The summed E-state index contributed by atoms with van der Waals surface area (Å²) in [5, 5.41) is 29.1. The second-order valence-electron chi connectivity index (χ2n) is 9.53. The molecule has 2 aromatic heterocycles. The molecule has 2 aromatic carbocycles. The Bertz CT molecular complexity index is 1810. The van der Waals surface area contributed by atoms with Gasteiger partial charge in [-0.3, -0.25) is 9.59 Å². The smallest absolute Gasteiger partial charge is 0.327 e. The predicted octanol–water partition coefficient (Wildman–Crippen LogP) is 5.00. The molecule has 4 aromatic rings. The molecule has 11 nitrogen and oxygen atoms in total. The third kappa shape index (κ3) is 6.73. The first-order valence-electron chi connectivity index (χ1n) is 12.5. The number of anilines is 1. The van der Waals surface area contributed by atoms with Crippen LogP contribution in [0.4, 0.5) is 27.6 Å². The summed E-state index contributed by atoms with van der Waals surface area (Å²) in [5.41, 5.74) is 0.936. The Balaban J connectivity index is 1.75. The number of carbonyl (C=O) groups excluding carboxylic acids is 2. The van der Waals surface area contributed by atoms with Crippen LogP contribution in [-0.2, 0) is 13.0 Å². The molecule has 0 unspecified atom stereocenters. The number of allylic oxidation sites excluding steroid dienone is 1. The molecule has 0 saturated heterocycles. The number of hydrogen-bond acceptors (Lipinski definition) is 7. The zero-order valence-electron chi connectivity index (χ0n) is 22.9. The van der Waals surface area contributed by atoms with Gasteiger partial charge in [0, 0.05) is 5.70 Å². The Morgan fingerprint density at radius 2 is 1.82 bits per heavy atom. The number of alkyl halides is 5. The lowest BCUT2D eigenvalue weighted by Crippen LogP contribution is -2.39. The van der Waals surface area contributed by atoms with Crippen LogP contribution in [0, 0.1) is 18.3 Å². The predicted molar refractivity (Wildman–Crippen MR) is 146 cm³/mol. The first-order chi connectivity index (χ1) is 20.6. The number of halogens is 6. The van der Waals surface area contributed by atoms with Gasteiger partial charge in [-0.15, -0.1) is 5.10 Å². The maximum absolute atomic E-state index is 13.7. The molecule has 2 amide bonds. The van der Waals surface area contributed by atoms with Crippen LogP contribution in [0.25, 0.3) is 5.69 Å². The van der Waals surface area contributed by atoms with E-state index in [4.69, 9.17) is 11.6 Å². The molecular formula is C27H21ClF5N9O2. The minimum atomic E-state index is -5.83. The van der Waals surface area contributed by atoms with E-state index in [0.717, 1.165) is 4.68 Å². The molecule has 17 heteroatoms. The quantitative estimate of drug-likeness (QED) is 0.247. The number of benzene rings is 2. The number of aryl methyl sites for hydroxylation is 1. The van der Waals surface area contributed by atoms with E-state index in [1.807, 2.05) is 6.07 Å². The number of para-hydroxylation sites is 1. The molecule has 44 heavy (non-hydrogen) atoms. The average Bonchev–Trinajstić information content (AvgIpc) is 3.55. The van der Waals surface area contributed by atoms with E-state index >= 15 is 0 Å². The molecule has 0 aliphatic carbocycles. The lowest BCUT2D eigenvalue weighted by Gasteiger charge is -2.18. The Morgan fingerprint density at radius 3 is 2.45 bits per heavy atom. The summed E-state index contributed by atoms with van der Waals surface area (Å²) in [5.74, 6) is -7.32. The van der Waals surface area contributed by atoms with Gasteiger partial charge in [0.2, 0.25) is 0 Å². The van der Waals surface area contributed by atoms with Crippen LogP contribution in [-0.4, -0.2) is 53.9 Å². The fourth-order valence-electron chi connectivity index (χ4n) is 4.04. The standard InChI is InChI=1S/C27H21ClF5N9O2/c1-14(2)35-24(43)18-9-16(12-34)8-15(3)23(18)36-25(44)21-10-17(38-42(21)20-7-5-4-6-19(20)28)13-41-22(37-39-40-41)11-26(29,30)27(31,32)33/h4-10H,1,11,13H2,2-3H3,(H,35,43)(H,36,44). The molecule has 4 rings (SSSR count). The van der Waals surface area contributed by atoms with Crippen LogP contribution < -0.4 is 10.6 Å². The number of amides is 2. The van der Waals surface area contributed by atoms with Crippen LogP contribution in [0.2, 0.25) is 5.02 Å². The Hall–Kier alpha value is -5.17. The van der Waals surface area contributed by atoms with Crippen molar-refractivity contribution >= 4 is 29.1 Å². The van der Waals surface area contributed by atoms with E-state index in [-0.39, 0.29) is 38.9 Å². The summed E-state index contributed by atoms with van der Waals surface area (Å²) in [4.78, 5) is 26.6. The largest absolute Gasteiger partial charge is 0.453 e. The first-order valence-corrected chi connectivity index (χ1v) is 12.9. The molecule has 0 bridgehead atoms. The van der Waals surface area contributed by atoms with Gasteiger partial charge in [0.05, 0.1) is 52.3 Å². The molecule has 0 atom stereocenters. The van der Waals surface area contributed by atoms with Crippen molar-refractivity contribution in [2.75, 3.05) is 5.32 Å². The third-order valence-electron chi connectivity index (χ3n) is 6.06. The molecule has 228 valence electrons. The topological polar surface area (TPSA) is 143 Å². The molecule has 2 N–H and O–H groups in total. The summed E-state index contributed by atoms with van der Waals surface area (Å²) in [6, 6.07) is 12.2. The molecule has 0 radical (unpaired) electrons. The number of hydrogen-bond donors (Lipinski definition) is 2. The second kappa shape index (κ2) is 12.2. The van der Waals surface area contributed by atoms with E-state index in [9.17, 15) is 36.8 Å². The van der Waals surface area contributed by atoms with Gasteiger partial charge in [0.1, 0.15) is 5.69 Å². The highest BCUT2D eigenvalue weighted by molar-refractivity contribution is 6.32. The van der Waals surface area contributed by atoms with Gasteiger partial charge in [0.15, 0.2) is 5.82 Å². The van der Waals surface area contributed by atoms with Gasteiger partial charge in [-0.05, 0) is 60.2 Å². The molecule has 0 aliphatic heterocycles. The number of carbonyl (C=O) groups is 2. The van der Waals surface area contributed by atoms with E-state index in [0.29, 0.717) is 15.9 Å². The van der Waals surface area contributed by atoms with E-state index in [1.165, 1.54) is 30.3 Å². The molecule has 0 fully saturated rings. The van der Waals surface area contributed by atoms with Crippen molar-refractivity contribution in [3.63, 3.8) is 0 Å². The van der Waals surface area contributed by atoms with Gasteiger partial charge in [-0.2, -0.15) is 32.3 Å². The molecular weight excluding hydrogens is 613 g/mol. The van der Waals surface area contributed by atoms with Crippen molar-refractivity contribution in [3.05, 3.63) is 93.7 Å². The van der Waals surface area contributed by atoms with Crippen molar-refractivity contribution in [2.45, 2.75) is 38.9 Å². The van der Waals surface area contributed by atoms with Crippen LogP contribution >= 0.6 is 11.6 Å². The average molecular weight is 634 g/mol. The number of tetrazole rings is 1. The van der Waals surface area contributed by atoms with Crippen LogP contribution in [0.5, 0.6) is 0 Å². The Labute approximate surface area is 250 Å². The number of aromatic nitrogens is 6. The molecule has 0 aliphatic rings. The maximum atomic E-state index is 13.7. The highest BCUT2D eigenvalue weighted by Gasteiger charge is 2.58. The minimum Gasteiger partial charge on any atom is -0.327 e. The molecule has 0 spiro atoms. The number of nitrogens with zero attached hydrogens (tertiary/aromatic N) is 7. The fourth-order valence-corrected chi connectivity index (χ4v) is 4.25. The summed E-state index contributed by atoms with van der Waals surface area (Å²) < 4.78 is 67.7. The number of rotatable bonds is 9. The normalized spacial score (nSPS) is 11.6.